The van der Waals surface area contributed by atoms with Crippen LogP contribution in [-0.4, -0.2) is 53.9 Å². The zero-order valence-corrected chi connectivity index (χ0v) is 22.7. The van der Waals surface area contributed by atoms with E-state index in [-0.39, 0.29) is 18.1 Å². The number of halogens is 3. The number of rotatable bonds is 4. The smallest absolute Gasteiger partial charge is 0.417 e. The fourth-order valence-corrected chi connectivity index (χ4v) is 5.13. The SMILES string of the molecule is CCN1CCCCCCN(C(=O)c2ccccc2C(F)(F)F)[C@H](Cc2ccccc2)COc2ccccc2C1=O. The number of ether oxygens (including phenoxy) is 1. The average molecular weight is 553 g/mol. The number of para-hydroxylation sites is 1. The highest BCUT2D eigenvalue weighted by Crippen LogP contribution is 2.33. The molecule has 1 atom stereocenters. The quantitative estimate of drug-likeness (QED) is 0.355. The number of carbonyl (C=O) groups excluding carboxylic acids is 2. The predicted molar refractivity (Wildman–Crippen MR) is 148 cm³/mol. The molecule has 2 amide bonds. The van der Waals surface area contributed by atoms with Crippen LogP contribution in [0.15, 0.2) is 78.9 Å². The first kappa shape index (κ1) is 29.2. The Morgan fingerprint density at radius 3 is 2.25 bits per heavy atom. The summed E-state index contributed by atoms with van der Waals surface area (Å²) in [4.78, 5) is 30.6. The van der Waals surface area contributed by atoms with Crippen molar-refractivity contribution in [1.29, 1.82) is 0 Å². The van der Waals surface area contributed by atoms with E-state index in [0.717, 1.165) is 30.9 Å². The van der Waals surface area contributed by atoms with E-state index in [4.69, 9.17) is 4.74 Å². The fraction of sp³-hybridized carbons (Fsp3) is 0.375. The van der Waals surface area contributed by atoms with E-state index in [9.17, 15) is 22.8 Å². The molecule has 1 heterocycles. The molecule has 0 aliphatic carbocycles. The van der Waals surface area contributed by atoms with Crippen molar-refractivity contribution in [2.75, 3.05) is 26.2 Å². The van der Waals surface area contributed by atoms with Crippen molar-refractivity contribution in [3.63, 3.8) is 0 Å². The summed E-state index contributed by atoms with van der Waals surface area (Å²) in [6.45, 7) is 3.43. The minimum absolute atomic E-state index is 0.0191. The molecule has 40 heavy (non-hydrogen) atoms. The zero-order valence-electron chi connectivity index (χ0n) is 22.7. The molecular formula is C32H35F3N2O3. The second kappa shape index (κ2) is 13.5. The molecule has 0 fully saturated rings. The average Bonchev–Trinajstić information content (AvgIpc) is 2.96. The number of carbonyl (C=O) groups is 2. The monoisotopic (exact) mass is 552 g/mol. The van der Waals surface area contributed by atoms with Crippen LogP contribution in [0.4, 0.5) is 13.2 Å². The third kappa shape index (κ3) is 7.23. The van der Waals surface area contributed by atoms with Crippen LogP contribution in [0.2, 0.25) is 0 Å². The van der Waals surface area contributed by atoms with E-state index in [2.05, 4.69) is 0 Å². The Bertz CT molecular complexity index is 1280. The normalized spacial score (nSPS) is 17.5. The van der Waals surface area contributed by atoms with Gasteiger partial charge in [0.05, 0.1) is 22.7 Å². The molecule has 4 rings (SSSR count). The molecule has 1 aliphatic heterocycles. The summed E-state index contributed by atoms with van der Waals surface area (Å²) >= 11 is 0. The molecule has 0 aromatic heterocycles. The summed E-state index contributed by atoms with van der Waals surface area (Å²) in [5.41, 5.74) is 0.0403. The van der Waals surface area contributed by atoms with E-state index in [0.29, 0.717) is 43.8 Å². The molecule has 3 aromatic carbocycles. The van der Waals surface area contributed by atoms with Gasteiger partial charge >= 0.3 is 6.18 Å². The van der Waals surface area contributed by atoms with Gasteiger partial charge in [0.15, 0.2) is 0 Å². The molecule has 0 N–H and O–H groups in total. The molecule has 5 nitrogen and oxygen atoms in total. The number of alkyl halides is 3. The predicted octanol–water partition coefficient (Wildman–Crippen LogP) is 6.87. The first-order valence-electron chi connectivity index (χ1n) is 13.8. The molecule has 0 radical (unpaired) electrons. The largest absolute Gasteiger partial charge is 0.491 e. The molecule has 8 heteroatoms. The van der Waals surface area contributed by atoms with Crippen LogP contribution < -0.4 is 4.74 Å². The molecule has 0 saturated heterocycles. The first-order chi connectivity index (χ1) is 19.3. The van der Waals surface area contributed by atoms with Gasteiger partial charge in [-0.25, -0.2) is 0 Å². The Morgan fingerprint density at radius 2 is 1.52 bits per heavy atom. The van der Waals surface area contributed by atoms with Crippen LogP contribution in [0.5, 0.6) is 5.75 Å². The van der Waals surface area contributed by atoms with Crippen molar-refractivity contribution < 1.29 is 27.5 Å². The third-order valence-electron chi connectivity index (χ3n) is 7.27. The van der Waals surface area contributed by atoms with Crippen LogP contribution in [0.1, 0.15) is 64.4 Å². The molecule has 0 spiro atoms. The lowest BCUT2D eigenvalue weighted by molar-refractivity contribution is -0.138. The molecule has 3 aromatic rings. The maximum atomic E-state index is 13.9. The van der Waals surface area contributed by atoms with E-state index in [1.807, 2.05) is 37.3 Å². The van der Waals surface area contributed by atoms with Gasteiger partial charge in [-0.15, -0.1) is 0 Å². The highest BCUT2D eigenvalue weighted by molar-refractivity contribution is 5.97. The number of nitrogens with zero attached hydrogens (tertiary/aromatic N) is 2. The second-order valence-corrected chi connectivity index (χ2v) is 9.99. The summed E-state index contributed by atoms with van der Waals surface area (Å²) in [5.74, 6) is -0.406. The molecule has 1 aliphatic rings. The second-order valence-electron chi connectivity index (χ2n) is 9.99. The van der Waals surface area contributed by atoms with E-state index in [1.54, 1.807) is 29.2 Å². The lowest BCUT2D eigenvalue weighted by Gasteiger charge is -2.33. The lowest BCUT2D eigenvalue weighted by Crippen LogP contribution is -2.46. The van der Waals surface area contributed by atoms with E-state index < -0.39 is 23.7 Å². The number of hydrogen-bond donors (Lipinski definition) is 0. The van der Waals surface area contributed by atoms with Crippen molar-refractivity contribution in [3.05, 3.63) is 101 Å². The lowest BCUT2D eigenvalue weighted by atomic mass is 10.0. The van der Waals surface area contributed by atoms with Crippen LogP contribution in [0.25, 0.3) is 0 Å². The standard InChI is InChI=1S/C32H35F3N2O3/c1-2-36-20-12-3-4-13-21-37(31(39)26-16-8-10-18-28(26)32(33,34)35)25(22-24-14-6-5-7-15-24)23-40-29-19-11-9-17-27(29)30(36)38/h5-11,14-19,25H,2-4,12-13,20-23H2,1H3/t25-/m1/s1. The van der Waals surface area contributed by atoms with Crippen molar-refractivity contribution >= 4 is 11.8 Å². The molecular weight excluding hydrogens is 517 g/mol. The minimum atomic E-state index is -4.66. The fourth-order valence-electron chi connectivity index (χ4n) is 5.13. The molecule has 0 bridgehead atoms. The Balaban J connectivity index is 1.74. The summed E-state index contributed by atoms with van der Waals surface area (Å²) in [7, 11) is 0. The Labute approximate surface area is 233 Å². The van der Waals surface area contributed by atoms with Gasteiger partial charge in [0, 0.05) is 19.6 Å². The van der Waals surface area contributed by atoms with Crippen LogP contribution in [-0.2, 0) is 12.6 Å². The Kier molecular flexibility index (Phi) is 9.85. The first-order valence-corrected chi connectivity index (χ1v) is 13.8. The van der Waals surface area contributed by atoms with Gasteiger partial charge in [-0.3, -0.25) is 9.59 Å². The number of fused-ring (bicyclic) bond motifs is 1. The number of amides is 2. The molecule has 212 valence electrons. The third-order valence-corrected chi connectivity index (χ3v) is 7.27. The molecule has 0 saturated carbocycles. The Hall–Kier alpha value is -3.81. The molecule has 0 unspecified atom stereocenters. The van der Waals surface area contributed by atoms with Crippen molar-refractivity contribution in [3.8, 4) is 5.75 Å². The van der Waals surface area contributed by atoms with Gasteiger partial charge in [-0.1, -0.05) is 67.4 Å². The van der Waals surface area contributed by atoms with Crippen LogP contribution >= 0.6 is 0 Å². The van der Waals surface area contributed by atoms with E-state index >= 15 is 0 Å². The van der Waals surface area contributed by atoms with Gasteiger partial charge in [0.25, 0.3) is 11.8 Å². The van der Waals surface area contributed by atoms with Crippen molar-refractivity contribution in [2.24, 2.45) is 0 Å². The van der Waals surface area contributed by atoms with Gasteiger partial charge in [0.1, 0.15) is 12.4 Å². The van der Waals surface area contributed by atoms with Gasteiger partial charge in [-0.05, 0) is 56.0 Å². The van der Waals surface area contributed by atoms with Crippen LogP contribution in [0.3, 0.4) is 0 Å². The summed E-state index contributed by atoms with van der Waals surface area (Å²) in [5, 5.41) is 0. The zero-order chi connectivity index (χ0) is 28.5. The van der Waals surface area contributed by atoms with Gasteiger partial charge < -0.3 is 14.5 Å². The number of hydrogen-bond acceptors (Lipinski definition) is 3. The summed E-state index contributed by atoms with van der Waals surface area (Å²) < 4.78 is 47.9. The highest BCUT2D eigenvalue weighted by atomic mass is 19.4. The van der Waals surface area contributed by atoms with Crippen molar-refractivity contribution in [1.82, 2.24) is 9.80 Å². The Morgan fingerprint density at radius 1 is 0.875 bits per heavy atom. The maximum absolute atomic E-state index is 13.9. The summed E-state index contributed by atoms with van der Waals surface area (Å²) in [6, 6.07) is 20.9. The highest BCUT2D eigenvalue weighted by Gasteiger charge is 2.37. The van der Waals surface area contributed by atoms with Gasteiger partial charge in [0.2, 0.25) is 0 Å². The van der Waals surface area contributed by atoms with Crippen LogP contribution in [0, 0.1) is 0 Å². The minimum Gasteiger partial charge on any atom is -0.491 e. The van der Waals surface area contributed by atoms with E-state index in [1.165, 1.54) is 23.1 Å². The van der Waals surface area contributed by atoms with Gasteiger partial charge in [-0.2, -0.15) is 13.2 Å². The number of benzene rings is 3. The summed E-state index contributed by atoms with van der Waals surface area (Å²) in [6.07, 6.45) is -1.23. The topological polar surface area (TPSA) is 49.9 Å². The maximum Gasteiger partial charge on any atom is 0.417 e. The van der Waals surface area contributed by atoms with Crippen molar-refractivity contribution in [2.45, 2.75) is 51.2 Å².